The topological polar surface area (TPSA) is 17.1 Å². The van der Waals surface area contributed by atoms with Crippen molar-refractivity contribution in [1.29, 1.82) is 0 Å². The van der Waals surface area contributed by atoms with Crippen LogP contribution in [0.5, 0.6) is 0 Å². The lowest BCUT2D eigenvalue weighted by Gasteiger charge is -2.09. The zero-order valence-corrected chi connectivity index (χ0v) is 7.18. The lowest BCUT2D eigenvalue weighted by atomic mass is 9.97. The summed E-state index contributed by atoms with van der Waals surface area (Å²) in [5, 5.41) is 0. The molecular formula is C10H16O. The highest BCUT2D eigenvalue weighted by Crippen LogP contribution is 2.15. The molecule has 0 N–H and O–H groups in total. The van der Waals surface area contributed by atoms with E-state index < -0.39 is 0 Å². The molecule has 0 aliphatic rings. The van der Waals surface area contributed by atoms with Crippen LogP contribution in [0.1, 0.15) is 26.2 Å². The SMILES string of the molecule is C=CC(=C)C(C)CCCC=O. The van der Waals surface area contributed by atoms with Crippen LogP contribution < -0.4 is 0 Å². The van der Waals surface area contributed by atoms with Gasteiger partial charge < -0.3 is 4.79 Å². The van der Waals surface area contributed by atoms with E-state index in [4.69, 9.17) is 0 Å². The molecule has 62 valence electrons. The number of carbonyl (C=O) groups excluding carboxylic acids is 1. The number of unbranched alkanes of at least 4 members (excludes halogenated alkanes) is 1. The van der Waals surface area contributed by atoms with Gasteiger partial charge in [0.2, 0.25) is 0 Å². The van der Waals surface area contributed by atoms with Crippen LogP contribution in [0.4, 0.5) is 0 Å². The van der Waals surface area contributed by atoms with Gasteiger partial charge in [0.15, 0.2) is 0 Å². The molecule has 0 aromatic rings. The summed E-state index contributed by atoms with van der Waals surface area (Å²) in [6, 6.07) is 0. The molecule has 1 nitrogen and oxygen atoms in total. The molecule has 0 bridgehead atoms. The predicted octanol–water partition coefficient (Wildman–Crippen LogP) is 2.73. The second kappa shape index (κ2) is 5.90. The quantitative estimate of drug-likeness (QED) is 0.325. The van der Waals surface area contributed by atoms with Crippen LogP contribution in [-0.2, 0) is 4.79 Å². The van der Waals surface area contributed by atoms with Crippen molar-refractivity contribution >= 4 is 6.29 Å². The van der Waals surface area contributed by atoms with E-state index in [-0.39, 0.29) is 0 Å². The Morgan fingerprint density at radius 3 is 2.73 bits per heavy atom. The molecule has 0 saturated heterocycles. The van der Waals surface area contributed by atoms with Gasteiger partial charge in [0.1, 0.15) is 6.29 Å². The second-order valence-electron chi connectivity index (χ2n) is 2.78. The first-order valence-electron chi connectivity index (χ1n) is 3.97. The average molecular weight is 152 g/mol. The molecule has 0 rings (SSSR count). The number of rotatable bonds is 6. The van der Waals surface area contributed by atoms with Gasteiger partial charge in [0.05, 0.1) is 0 Å². The molecule has 0 aliphatic heterocycles. The summed E-state index contributed by atoms with van der Waals surface area (Å²) in [6.07, 6.45) is 5.39. The van der Waals surface area contributed by atoms with Gasteiger partial charge in [-0.25, -0.2) is 0 Å². The van der Waals surface area contributed by atoms with E-state index in [1.54, 1.807) is 6.08 Å². The molecule has 0 radical (unpaired) electrons. The molecule has 1 unspecified atom stereocenters. The fraction of sp³-hybridized carbons (Fsp3) is 0.500. The summed E-state index contributed by atoms with van der Waals surface area (Å²) >= 11 is 0. The molecule has 0 saturated carbocycles. The van der Waals surface area contributed by atoms with Crippen LogP contribution in [0.25, 0.3) is 0 Å². The largest absolute Gasteiger partial charge is 0.303 e. The van der Waals surface area contributed by atoms with Crippen molar-refractivity contribution in [2.75, 3.05) is 0 Å². The van der Waals surface area contributed by atoms with Crippen molar-refractivity contribution < 1.29 is 4.79 Å². The Balaban J connectivity index is 3.51. The summed E-state index contributed by atoms with van der Waals surface area (Å²) in [6.45, 7) is 9.59. The molecule has 1 heteroatoms. The summed E-state index contributed by atoms with van der Waals surface area (Å²) in [5.74, 6) is 0.465. The fourth-order valence-corrected chi connectivity index (χ4v) is 0.894. The molecule has 0 aromatic heterocycles. The Morgan fingerprint density at radius 1 is 1.64 bits per heavy atom. The van der Waals surface area contributed by atoms with Gasteiger partial charge in [-0.2, -0.15) is 0 Å². The van der Waals surface area contributed by atoms with Crippen molar-refractivity contribution in [3.05, 3.63) is 24.8 Å². The zero-order chi connectivity index (χ0) is 8.69. The Kier molecular flexibility index (Phi) is 5.44. The first-order valence-corrected chi connectivity index (χ1v) is 3.97. The number of aldehydes is 1. The normalized spacial score (nSPS) is 12.1. The van der Waals surface area contributed by atoms with Gasteiger partial charge in [0.25, 0.3) is 0 Å². The van der Waals surface area contributed by atoms with Crippen LogP contribution in [0.3, 0.4) is 0 Å². The summed E-state index contributed by atoms with van der Waals surface area (Å²) in [4.78, 5) is 9.98. The summed E-state index contributed by atoms with van der Waals surface area (Å²) in [5.41, 5.74) is 1.07. The predicted molar refractivity (Wildman–Crippen MR) is 48.4 cm³/mol. The highest BCUT2D eigenvalue weighted by molar-refractivity contribution is 5.48. The first-order chi connectivity index (χ1) is 5.22. The molecule has 11 heavy (non-hydrogen) atoms. The lowest BCUT2D eigenvalue weighted by molar-refractivity contribution is -0.107. The number of hydrogen-bond acceptors (Lipinski definition) is 1. The highest BCUT2D eigenvalue weighted by atomic mass is 16.1. The van der Waals surface area contributed by atoms with Gasteiger partial charge in [-0.1, -0.05) is 31.7 Å². The smallest absolute Gasteiger partial charge is 0.119 e. The van der Waals surface area contributed by atoms with E-state index in [2.05, 4.69) is 20.1 Å². The highest BCUT2D eigenvalue weighted by Gasteiger charge is 2.01. The average Bonchev–Trinajstić information content (AvgIpc) is 2.03. The van der Waals surface area contributed by atoms with E-state index in [9.17, 15) is 4.79 Å². The minimum atomic E-state index is 0.465. The Hall–Kier alpha value is -0.850. The maximum Gasteiger partial charge on any atom is 0.119 e. The number of carbonyl (C=O) groups is 1. The summed E-state index contributed by atoms with van der Waals surface area (Å²) in [7, 11) is 0. The minimum Gasteiger partial charge on any atom is -0.303 e. The number of allylic oxidation sites excluding steroid dienone is 2. The van der Waals surface area contributed by atoms with Crippen LogP contribution in [0, 0.1) is 5.92 Å². The van der Waals surface area contributed by atoms with Crippen LogP contribution in [0.2, 0.25) is 0 Å². The third kappa shape index (κ3) is 4.54. The molecule has 0 amide bonds. The van der Waals surface area contributed by atoms with Gasteiger partial charge in [-0.3, -0.25) is 0 Å². The third-order valence-electron chi connectivity index (χ3n) is 1.85. The van der Waals surface area contributed by atoms with Gasteiger partial charge in [0, 0.05) is 6.42 Å². The molecule has 0 heterocycles. The second-order valence-corrected chi connectivity index (χ2v) is 2.78. The van der Waals surface area contributed by atoms with E-state index in [1.165, 1.54) is 0 Å². The fourth-order valence-electron chi connectivity index (χ4n) is 0.894. The molecule has 0 fully saturated rings. The molecule has 1 atom stereocenters. The Bertz CT molecular complexity index is 147. The van der Waals surface area contributed by atoms with Gasteiger partial charge in [-0.15, -0.1) is 0 Å². The van der Waals surface area contributed by atoms with E-state index in [0.29, 0.717) is 12.3 Å². The van der Waals surface area contributed by atoms with Crippen molar-refractivity contribution in [2.24, 2.45) is 5.92 Å². The van der Waals surface area contributed by atoms with E-state index in [0.717, 1.165) is 24.7 Å². The van der Waals surface area contributed by atoms with E-state index >= 15 is 0 Å². The number of hydrogen-bond donors (Lipinski definition) is 0. The molecule has 0 aliphatic carbocycles. The van der Waals surface area contributed by atoms with Crippen molar-refractivity contribution in [1.82, 2.24) is 0 Å². The maximum atomic E-state index is 9.98. The van der Waals surface area contributed by atoms with E-state index in [1.807, 2.05) is 0 Å². The molecular weight excluding hydrogens is 136 g/mol. The zero-order valence-electron chi connectivity index (χ0n) is 7.18. The lowest BCUT2D eigenvalue weighted by Crippen LogP contribution is -1.95. The molecule has 0 spiro atoms. The van der Waals surface area contributed by atoms with Crippen molar-refractivity contribution in [2.45, 2.75) is 26.2 Å². The van der Waals surface area contributed by atoms with Crippen molar-refractivity contribution in [3.8, 4) is 0 Å². The van der Waals surface area contributed by atoms with Crippen LogP contribution in [0.15, 0.2) is 24.8 Å². The van der Waals surface area contributed by atoms with Crippen molar-refractivity contribution in [3.63, 3.8) is 0 Å². The van der Waals surface area contributed by atoms with Gasteiger partial charge in [-0.05, 0) is 18.8 Å². The summed E-state index contributed by atoms with van der Waals surface area (Å²) < 4.78 is 0. The minimum absolute atomic E-state index is 0.465. The van der Waals surface area contributed by atoms with Gasteiger partial charge >= 0.3 is 0 Å². The standard InChI is InChI=1S/C10H16O/c1-4-9(2)10(3)7-5-6-8-11/h4,8,10H,1-2,5-7H2,3H3. The monoisotopic (exact) mass is 152 g/mol. The Morgan fingerprint density at radius 2 is 2.27 bits per heavy atom. The third-order valence-corrected chi connectivity index (χ3v) is 1.85. The van der Waals surface area contributed by atoms with Crippen LogP contribution >= 0.6 is 0 Å². The maximum absolute atomic E-state index is 9.98. The first kappa shape index (κ1) is 10.2. The molecule has 0 aromatic carbocycles. The van der Waals surface area contributed by atoms with Crippen LogP contribution in [-0.4, -0.2) is 6.29 Å². The Labute approximate surface area is 68.8 Å².